The molecule has 0 fully saturated rings. The van der Waals surface area contributed by atoms with Gasteiger partial charge in [0.2, 0.25) is 5.43 Å². The predicted molar refractivity (Wildman–Crippen MR) is 94.0 cm³/mol. The first kappa shape index (κ1) is 16.0. The Balaban J connectivity index is 0.00000161. The molecule has 0 aliphatic carbocycles. The molecule has 0 spiro atoms. The average molecular weight is 323 g/mol. The lowest BCUT2D eigenvalue weighted by molar-refractivity contribution is 0.389. The van der Waals surface area contributed by atoms with Crippen LogP contribution in [-0.2, 0) is 6.54 Å². The van der Waals surface area contributed by atoms with Crippen LogP contribution >= 0.6 is 23.7 Å². The lowest BCUT2D eigenvalue weighted by Crippen LogP contribution is -2.16. The van der Waals surface area contributed by atoms with Gasteiger partial charge in [0.25, 0.3) is 0 Å². The van der Waals surface area contributed by atoms with Gasteiger partial charge in [-0.2, -0.15) is 0 Å². The normalized spacial score (nSPS) is 11.2. The highest BCUT2D eigenvalue weighted by molar-refractivity contribution is 7.17. The molecule has 5 heteroatoms. The third-order valence-electron chi connectivity index (χ3n) is 3.55. The number of benzene rings is 1. The largest absolute Gasteiger partial charge is 0.337 e. The average Bonchev–Trinajstić information content (AvgIpc) is 2.75. The van der Waals surface area contributed by atoms with E-state index in [-0.39, 0.29) is 17.8 Å². The van der Waals surface area contributed by atoms with Crippen molar-refractivity contribution in [2.75, 3.05) is 20.6 Å². The summed E-state index contributed by atoms with van der Waals surface area (Å²) in [5, 5.41) is 3.08. The number of hydrogen-bond acceptors (Lipinski definition) is 3. The van der Waals surface area contributed by atoms with Crippen LogP contribution < -0.4 is 5.43 Å². The summed E-state index contributed by atoms with van der Waals surface area (Å²) in [6, 6.07) is 9.97. The Labute approximate surface area is 134 Å². The van der Waals surface area contributed by atoms with E-state index in [2.05, 4.69) is 35.7 Å². The molecule has 3 nitrogen and oxygen atoms in total. The summed E-state index contributed by atoms with van der Waals surface area (Å²) in [4.78, 5) is 14.4. The number of para-hydroxylation sites is 1. The maximum atomic E-state index is 12.2. The van der Waals surface area contributed by atoms with Crippen LogP contribution in [0.1, 0.15) is 6.42 Å². The molecule has 2 heterocycles. The Bertz CT molecular complexity index is 807. The van der Waals surface area contributed by atoms with Crippen LogP contribution in [0.25, 0.3) is 21.1 Å². The van der Waals surface area contributed by atoms with Gasteiger partial charge in [-0.3, -0.25) is 4.79 Å². The summed E-state index contributed by atoms with van der Waals surface area (Å²) < 4.78 is 3.30. The second-order valence-corrected chi connectivity index (χ2v) is 6.20. The van der Waals surface area contributed by atoms with Crippen molar-refractivity contribution in [1.82, 2.24) is 9.47 Å². The van der Waals surface area contributed by atoms with Crippen LogP contribution in [0.4, 0.5) is 0 Å². The Kier molecular flexibility index (Phi) is 5.04. The van der Waals surface area contributed by atoms with Crippen molar-refractivity contribution >= 4 is 44.9 Å². The van der Waals surface area contributed by atoms with Gasteiger partial charge < -0.3 is 9.47 Å². The van der Waals surface area contributed by atoms with E-state index in [9.17, 15) is 4.79 Å². The second kappa shape index (κ2) is 6.60. The highest BCUT2D eigenvalue weighted by atomic mass is 35.5. The number of fused-ring (bicyclic) bond motifs is 3. The van der Waals surface area contributed by atoms with Gasteiger partial charge in [0.05, 0.1) is 10.2 Å². The van der Waals surface area contributed by atoms with Crippen molar-refractivity contribution in [3.8, 4) is 0 Å². The van der Waals surface area contributed by atoms with Crippen LogP contribution in [0.2, 0.25) is 0 Å². The van der Waals surface area contributed by atoms with Gasteiger partial charge in [0.15, 0.2) is 0 Å². The molecule has 3 aromatic rings. The van der Waals surface area contributed by atoms with E-state index in [0.717, 1.165) is 29.7 Å². The van der Waals surface area contributed by atoms with E-state index in [1.165, 1.54) is 10.9 Å². The van der Waals surface area contributed by atoms with E-state index in [1.54, 1.807) is 17.4 Å². The van der Waals surface area contributed by atoms with Crippen LogP contribution in [0.3, 0.4) is 0 Å². The van der Waals surface area contributed by atoms with Crippen LogP contribution in [-0.4, -0.2) is 30.1 Å². The maximum absolute atomic E-state index is 12.2. The molecule has 2 aromatic heterocycles. The van der Waals surface area contributed by atoms with Crippen molar-refractivity contribution in [1.29, 1.82) is 0 Å². The molecule has 21 heavy (non-hydrogen) atoms. The predicted octanol–water partition coefficient (Wildman–Crippen LogP) is 3.59. The molecule has 1 aromatic carbocycles. The quantitative estimate of drug-likeness (QED) is 0.733. The fourth-order valence-corrected chi connectivity index (χ4v) is 3.61. The number of rotatable bonds is 4. The first-order valence-corrected chi connectivity index (χ1v) is 7.70. The third-order valence-corrected chi connectivity index (χ3v) is 4.47. The smallest absolute Gasteiger partial charge is 0.204 e. The summed E-state index contributed by atoms with van der Waals surface area (Å²) in [6.45, 7) is 1.91. The molecule has 0 N–H and O–H groups in total. The molecule has 3 rings (SSSR count). The summed E-state index contributed by atoms with van der Waals surface area (Å²) in [5.41, 5.74) is 2.15. The van der Waals surface area contributed by atoms with Crippen molar-refractivity contribution < 1.29 is 0 Å². The van der Waals surface area contributed by atoms with Gasteiger partial charge in [-0.15, -0.1) is 23.7 Å². The third kappa shape index (κ3) is 2.98. The molecule has 0 saturated heterocycles. The molecule has 0 aliphatic heterocycles. The molecule has 0 unspecified atom stereocenters. The number of halogens is 1. The molecule has 0 aliphatic rings. The van der Waals surface area contributed by atoms with Crippen molar-refractivity contribution in [3.63, 3.8) is 0 Å². The summed E-state index contributed by atoms with van der Waals surface area (Å²) in [7, 11) is 4.15. The lowest BCUT2D eigenvalue weighted by atomic mass is 10.2. The highest BCUT2D eigenvalue weighted by Crippen LogP contribution is 2.29. The van der Waals surface area contributed by atoms with E-state index >= 15 is 0 Å². The minimum Gasteiger partial charge on any atom is -0.337 e. The topological polar surface area (TPSA) is 25.2 Å². The number of aromatic nitrogens is 1. The van der Waals surface area contributed by atoms with Crippen LogP contribution in [0.5, 0.6) is 0 Å². The van der Waals surface area contributed by atoms with E-state index in [0.29, 0.717) is 0 Å². The Morgan fingerprint density at radius 3 is 2.71 bits per heavy atom. The summed E-state index contributed by atoms with van der Waals surface area (Å²) in [5.74, 6) is 0. The van der Waals surface area contributed by atoms with Crippen molar-refractivity contribution in [2.24, 2.45) is 0 Å². The van der Waals surface area contributed by atoms with Crippen LogP contribution in [0, 0.1) is 0 Å². The second-order valence-electron chi connectivity index (χ2n) is 5.29. The highest BCUT2D eigenvalue weighted by Gasteiger charge is 2.12. The molecular formula is C16H19ClN2OS. The molecule has 0 radical (unpaired) electrons. The lowest BCUT2D eigenvalue weighted by Gasteiger charge is -2.11. The van der Waals surface area contributed by atoms with Gasteiger partial charge >= 0.3 is 0 Å². The number of hydrogen-bond donors (Lipinski definition) is 0. The molecule has 0 amide bonds. The van der Waals surface area contributed by atoms with Gasteiger partial charge in [0, 0.05) is 11.9 Å². The van der Waals surface area contributed by atoms with Crippen molar-refractivity contribution in [2.45, 2.75) is 13.0 Å². The Morgan fingerprint density at radius 2 is 1.95 bits per heavy atom. The fourth-order valence-electron chi connectivity index (χ4n) is 2.66. The van der Waals surface area contributed by atoms with Gasteiger partial charge in [-0.1, -0.05) is 18.2 Å². The molecule has 112 valence electrons. The van der Waals surface area contributed by atoms with E-state index < -0.39 is 0 Å². The van der Waals surface area contributed by atoms with Gasteiger partial charge in [-0.25, -0.2) is 0 Å². The Hall–Kier alpha value is -1.36. The molecule has 0 saturated carbocycles. The summed E-state index contributed by atoms with van der Waals surface area (Å²) in [6.07, 6.45) is 1.04. The minimum absolute atomic E-state index is 0. The fraction of sp³-hybridized carbons (Fsp3) is 0.312. The Morgan fingerprint density at radius 1 is 1.19 bits per heavy atom. The van der Waals surface area contributed by atoms with Crippen molar-refractivity contribution in [3.05, 3.63) is 45.9 Å². The SMILES string of the molecule is CN(C)CCCn1c2ccccc2c2sccc(=O)c21.Cl. The first-order valence-electron chi connectivity index (χ1n) is 6.82. The zero-order valence-corrected chi connectivity index (χ0v) is 13.8. The standard InChI is InChI=1S/C16H18N2OS.ClH/c1-17(2)9-5-10-18-13-7-4-3-6-12(13)16-15(18)14(19)8-11-20-16;/h3-4,6-8,11H,5,9-10H2,1-2H3;1H. The van der Waals surface area contributed by atoms with Gasteiger partial charge in [-0.05, 0) is 44.6 Å². The van der Waals surface area contributed by atoms with Gasteiger partial charge in [0.1, 0.15) is 5.52 Å². The minimum atomic E-state index is 0. The van der Waals surface area contributed by atoms with Crippen LogP contribution in [0.15, 0.2) is 40.5 Å². The molecule has 0 atom stereocenters. The van der Waals surface area contributed by atoms with E-state index in [1.807, 2.05) is 17.5 Å². The zero-order chi connectivity index (χ0) is 14.1. The first-order chi connectivity index (χ1) is 9.68. The monoisotopic (exact) mass is 322 g/mol. The molecular weight excluding hydrogens is 304 g/mol. The maximum Gasteiger partial charge on any atom is 0.204 e. The van der Waals surface area contributed by atoms with E-state index in [4.69, 9.17) is 0 Å². The number of aryl methyl sites for hydroxylation is 1. The zero-order valence-electron chi connectivity index (χ0n) is 12.2. The number of nitrogens with zero attached hydrogens (tertiary/aromatic N) is 2. The molecule has 0 bridgehead atoms. The summed E-state index contributed by atoms with van der Waals surface area (Å²) >= 11 is 1.65.